The van der Waals surface area contributed by atoms with Gasteiger partial charge in [-0.1, -0.05) is 40.2 Å². The van der Waals surface area contributed by atoms with Crippen molar-refractivity contribution >= 4 is 21.8 Å². The Hall–Kier alpha value is -1.65. The fraction of sp³-hybridized carbons (Fsp3) is 0.350. The summed E-state index contributed by atoms with van der Waals surface area (Å²) < 4.78 is 1.09. The molecule has 0 bridgehead atoms. The normalized spacial score (nSPS) is 10.7. The van der Waals surface area contributed by atoms with Gasteiger partial charge in [0.1, 0.15) is 0 Å². The topological polar surface area (TPSA) is 55.1 Å². The molecule has 4 heteroatoms. The number of nitrogens with two attached hydrogens (primary N) is 1. The highest BCUT2D eigenvalue weighted by Crippen LogP contribution is 2.20. The number of halogens is 1. The van der Waals surface area contributed by atoms with Crippen LogP contribution in [0.5, 0.6) is 0 Å². The van der Waals surface area contributed by atoms with Crippen LogP contribution in [-0.2, 0) is 12.8 Å². The summed E-state index contributed by atoms with van der Waals surface area (Å²) in [6.07, 6.45) is 2.56. The van der Waals surface area contributed by atoms with Gasteiger partial charge in [-0.3, -0.25) is 4.79 Å². The summed E-state index contributed by atoms with van der Waals surface area (Å²) in [5.41, 5.74) is 11.0. The predicted molar refractivity (Wildman–Crippen MR) is 103 cm³/mol. The summed E-state index contributed by atoms with van der Waals surface area (Å²) in [4.78, 5) is 12.5. The molecule has 1 amide bonds. The van der Waals surface area contributed by atoms with Gasteiger partial charge >= 0.3 is 0 Å². The molecule has 0 spiro atoms. The van der Waals surface area contributed by atoms with E-state index in [9.17, 15) is 4.79 Å². The van der Waals surface area contributed by atoms with Crippen molar-refractivity contribution < 1.29 is 4.79 Å². The second kappa shape index (κ2) is 9.00. The first-order chi connectivity index (χ1) is 11.5. The maximum absolute atomic E-state index is 12.5. The molecule has 0 aliphatic rings. The molecule has 3 nitrogen and oxygen atoms in total. The number of carbonyl (C=O) groups excluding carboxylic acids is 1. The number of benzene rings is 2. The molecule has 2 aromatic rings. The van der Waals surface area contributed by atoms with Gasteiger partial charge in [-0.15, -0.1) is 0 Å². The number of amides is 1. The lowest BCUT2D eigenvalue weighted by Crippen LogP contribution is -2.27. The second-order valence-corrected chi connectivity index (χ2v) is 6.99. The summed E-state index contributed by atoms with van der Waals surface area (Å²) in [5.74, 6) is 0.00233. The van der Waals surface area contributed by atoms with Gasteiger partial charge in [0.2, 0.25) is 0 Å². The van der Waals surface area contributed by atoms with Crippen LogP contribution in [0.4, 0.5) is 0 Å². The van der Waals surface area contributed by atoms with Crippen molar-refractivity contribution in [1.29, 1.82) is 0 Å². The fourth-order valence-corrected chi connectivity index (χ4v) is 3.24. The molecule has 0 heterocycles. The average molecular weight is 389 g/mol. The third kappa shape index (κ3) is 4.92. The van der Waals surface area contributed by atoms with Crippen molar-refractivity contribution in [2.24, 2.45) is 5.73 Å². The molecular weight excluding hydrogens is 364 g/mol. The Morgan fingerprint density at radius 1 is 1.08 bits per heavy atom. The summed E-state index contributed by atoms with van der Waals surface area (Å²) >= 11 is 3.53. The van der Waals surface area contributed by atoms with E-state index >= 15 is 0 Å². The summed E-state index contributed by atoms with van der Waals surface area (Å²) in [6, 6.07) is 12.4. The van der Waals surface area contributed by atoms with Gasteiger partial charge in [0.25, 0.3) is 5.91 Å². The average Bonchev–Trinajstić information content (AvgIpc) is 2.55. The van der Waals surface area contributed by atoms with Crippen molar-refractivity contribution in [2.75, 3.05) is 13.1 Å². The van der Waals surface area contributed by atoms with Crippen LogP contribution in [0.2, 0.25) is 0 Å². The quantitative estimate of drug-likeness (QED) is 0.705. The number of aryl methyl sites for hydroxylation is 4. The minimum atomic E-state index is 0.00233. The van der Waals surface area contributed by atoms with Crippen LogP contribution in [0.3, 0.4) is 0 Å². The molecule has 2 aromatic carbocycles. The molecule has 0 radical (unpaired) electrons. The Kier molecular flexibility index (Phi) is 7.00. The van der Waals surface area contributed by atoms with Gasteiger partial charge < -0.3 is 11.1 Å². The Morgan fingerprint density at radius 3 is 2.58 bits per heavy atom. The standard InChI is InChI=1S/C20H25BrN2O/c1-14-7-10-18(21)13-17(14)9-8-16-6-3-5-15(2)19(16)20(24)23-12-4-11-22/h3,5-7,10,13H,4,8-9,11-12,22H2,1-2H3,(H,23,24). The number of nitrogens with one attached hydrogen (secondary N) is 1. The minimum Gasteiger partial charge on any atom is -0.352 e. The van der Waals surface area contributed by atoms with E-state index in [2.05, 4.69) is 52.4 Å². The van der Waals surface area contributed by atoms with Crippen molar-refractivity contribution in [3.63, 3.8) is 0 Å². The molecule has 0 unspecified atom stereocenters. The molecule has 0 aliphatic heterocycles. The first-order valence-corrected chi connectivity index (χ1v) is 9.14. The minimum absolute atomic E-state index is 0.00233. The van der Waals surface area contributed by atoms with E-state index in [-0.39, 0.29) is 5.91 Å². The van der Waals surface area contributed by atoms with Crippen molar-refractivity contribution in [3.05, 3.63) is 68.7 Å². The Morgan fingerprint density at radius 2 is 1.83 bits per heavy atom. The van der Waals surface area contributed by atoms with Crippen molar-refractivity contribution in [2.45, 2.75) is 33.1 Å². The van der Waals surface area contributed by atoms with Gasteiger partial charge in [-0.2, -0.15) is 0 Å². The summed E-state index contributed by atoms with van der Waals surface area (Å²) in [7, 11) is 0. The molecular formula is C20H25BrN2O. The van der Waals surface area contributed by atoms with E-state index in [1.807, 2.05) is 19.1 Å². The van der Waals surface area contributed by atoms with E-state index < -0.39 is 0 Å². The first kappa shape index (κ1) is 18.7. The third-order valence-electron chi connectivity index (χ3n) is 4.23. The SMILES string of the molecule is Cc1ccc(Br)cc1CCc1cccc(C)c1C(=O)NCCCN. The van der Waals surface area contributed by atoms with Crippen molar-refractivity contribution in [3.8, 4) is 0 Å². The number of hydrogen-bond donors (Lipinski definition) is 2. The molecule has 0 atom stereocenters. The molecule has 2 rings (SSSR count). The van der Waals surface area contributed by atoms with E-state index in [1.54, 1.807) is 0 Å². The van der Waals surface area contributed by atoms with Gasteiger partial charge in [0.05, 0.1) is 0 Å². The van der Waals surface area contributed by atoms with Crippen molar-refractivity contribution in [1.82, 2.24) is 5.32 Å². The molecule has 24 heavy (non-hydrogen) atoms. The molecule has 0 fully saturated rings. The highest BCUT2D eigenvalue weighted by atomic mass is 79.9. The van der Waals surface area contributed by atoms with Crippen LogP contribution in [0.25, 0.3) is 0 Å². The maximum atomic E-state index is 12.5. The zero-order valence-electron chi connectivity index (χ0n) is 14.4. The maximum Gasteiger partial charge on any atom is 0.251 e. The number of carbonyl (C=O) groups is 1. The summed E-state index contributed by atoms with van der Waals surface area (Å²) in [5, 5.41) is 2.97. The van der Waals surface area contributed by atoms with E-state index in [1.165, 1.54) is 11.1 Å². The Labute approximate surface area is 152 Å². The van der Waals surface area contributed by atoms with Gasteiger partial charge in [0, 0.05) is 16.6 Å². The zero-order valence-corrected chi connectivity index (χ0v) is 15.9. The Bertz CT molecular complexity index is 713. The second-order valence-electron chi connectivity index (χ2n) is 6.08. The van der Waals surface area contributed by atoms with Crippen LogP contribution >= 0.6 is 15.9 Å². The lowest BCUT2D eigenvalue weighted by molar-refractivity contribution is 0.0952. The molecule has 0 saturated heterocycles. The fourth-order valence-electron chi connectivity index (χ4n) is 2.83. The van der Waals surface area contributed by atoms with Gasteiger partial charge in [-0.05, 0) is 74.0 Å². The monoisotopic (exact) mass is 388 g/mol. The first-order valence-electron chi connectivity index (χ1n) is 8.34. The van der Waals surface area contributed by atoms with E-state index in [0.717, 1.165) is 40.4 Å². The van der Waals surface area contributed by atoms with E-state index in [0.29, 0.717) is 13.1 Å². The van der Waals surface area contributed by atoms with Gasteiger partial charge in [-0.25, -0.2) is 0 Å². The number of hydrogen-bond acceptors (Lipinski definition) is 2. The lowest BCUT2D eigenvalue weighted by Gasteiger charge is -2.14. The third-order valence-corrected chi connectivity index (χ3v) is 4.72. The largest absolute Gasteiger partial charge is 0.352 e. The van der Waals surface area contributed by atoms with Crippen LogP contribution in [0, 0.1) is 13.8 Å². The van der Waals surface area contributed by atoms with Gasteiger partial charge in [0.15, 0.2) is 0 Å². The highest BCUT2D eigenvalue weighted by Gasteiger charge is 2.14. The number of rotatable bonds is 7. The van der Waals surface area contributed by atoms with Crippen LogP contribution < -0.4 is 11.1 Å². The Balaban J connectivity index is 2.16. The molecule has 128 valence electrons. The summed E-state index contributed by atoms with van der Waals surface area (Å²) in [6.45, 7) is 5.32. The smallest absolute Gasteiger partial charge is 0.251 e. The highest BCUT2D eigenvalue weighted by molar-refractivity contribution is 9.10. The van der Waals surface area contributed by atoms with Crippen LogP contribution in [0.15, 0.2) is 40.9 Å². The van der Waals surface area contributed by atoms with E-state index in [4.69, 9.17) is 5.73 Å². The molecule has 0 aliphatic carbocycles. The molecule has 0 aromatic heterocycles. The predicted octanol–water partition coefficient (Wildman–Crippen LogP) is 3.93. The zero-order chi connectivity index (χ0) is 17.5. The molecule has 0 saturated carbocycles. The van der Waals surface area contributed by atoms with Crippen LogP contribution in [-0.4, -0.2) is 19.0 Å². The molecule has 3 N–H and O–H groups in total. The van der Waals surface area contributed by atoms with Crippen LogP contribution in [0.1, 0.15) is 39.0 Å². The lowest BCUT2D eigenvalue weighted by atomic mass is 9.94.